The van der Waals surface area contributed by atoms with Crippen LogP contribution in [0.4, 0.5) is 0 Å². The molecule has 2 N–H and O–H groups in total. The second-order valence-corrected chi connectivity index (χ2v) is 9.92. The van der Waals surface area contributed by atoms with Gasteiger partial charge in [-0.05, 0) is 38.0 Å². The molecule has 0 amide bonds. The van der Waals surface area contributed by atoms with Crippen molar-refractivity contribution in [1.82, 2.24) is 0 Å². The van der Waals surface area contributed by atoms with Crippen molar-refractivity contribution in [2.75, 3.05) is 0 Å². The van der Waals surface area contributed by atoms with Crippen LogP contribution in [0.5, 0.6) is 0 Å². The van der Waals surface area contributed by atoms with Crippen molar-refractivity contribution in [2.24, 2.45) is 22.7 Å². The van der Waals surface area contributed by atoms with Crippen LogP contribution < -0.4 is 0 Å². The standard InChI is InChI=1S/C21H30O6/c1-10-6-12(22)11-7-14-20(4)13(19(2,3)15(23)9-16(20)24)8-17(25)21(14,5)27-18(11)26-10/h10,13-15,17,23,25H,6-9H2,1-5H3/t10-,13-,14+,15-,17-,20+,21+/m1/s1. The fraction of sp³-hybridized carbons (Fsp3) is 0.810. The molecule has 0 saturated heterocycles. The van der Waals surface area contributed by atoms with E-state index >= 15 is 0 Å². The van der Waals surface area contributed by atoms with Crippen molar-refractivity contribution in [1.29, 1.82) is 0 Å². The average Bonchev–Trinajstić information content (AvgIpc) is 2.55. The first-order valence-electron chi connectivity index (χ1n) is 9.93. The summed E-state index contributed by atoms with van der Waals surface area (Å²) in [7, 11) is 0. The van der Waals surface area contributed by atoms with Gasteiger partial charge in [0.15, 0.2) is 5.78 Å². The molecule has 4 aliphatic rings. The highest BCUT2D eigenvalue weighted by Gasteiger charge is 2.69. The van der Waals surface area contributed by atoms with E-state index in [0.717, 1.165) is 0 Å². The Hall–Kier alpha value is -1.40. The molecule has 0 spiro atoms. The zero-order valence-electron chi connectivity index (χ0n) is 16.7. The van der Waals surface area contributed by atoms with Crippen LogP contribution in [0.15, 0.2) is 11.5 Å². The van der Waals surface area contributed by atoms with E-state index in [0.29, 0.717) is 24.8 Å². The summed E-state index contributed by atoms with van der Waals surface area (Å²) in [6, 6.07) is 0. The van der Waals surface area contributed by atoms with Gasteiger partial charge in [0.2, 0.25) is 0 Å². The van der Waals surface area contributed by atoms with Crippen LogP contribution in [0, 0.1) is 22.7 Å². The van der Waals surface area contributed by atoms with Crippen molar-refractivity contribution in [3.63, 3.8) is 0 Å². The molecule has 0 aromatic carbocycles. The molecule has 2 saturated carbocycles. The number of carbonyl (C=O) groups is 2. The first-order valence-corrected chi connectivity index (χ1v) is 9.93. The first-order chi connectivity index (χ1) is 12.4. The molecular weight excluding hydrogens is 348 g/mol. The summed E-state index contributed by atoms with van der Waals surface area (Å²) < 4.78 is 11.9. The predicted molar refractivity (Wildman–Crippen MR) is 96.4 cm³/mol. The van der Waals surface area contributed by atoms with E-state index in [1.807, 2.05) is 34.6 Å². The maximum atomic E-state index is 13.2. The minimum Gasteiger partial charge on any atom is -0.462 e. The molecule has 0 bridgehead atoms. The lowest BCUT2D eigenvalue weighted by molar-refractivity contribution is -0.255. The Labute approximate surface area is 159 Å². The van der Waals surface area contributed by atoms with E-state index in [4.69, 9.17) is 9.47 Å². The van der Waals surface area contributed by atoms with Gasteiger partial charge in [0.25, 0.3) is 5.95 Å². The molecule has 6 nitrogen and oxygen atoms in total. The Morgan fingerprint density at radius 1 is 0.963 bits per heavy atom. The van der Waals surface area contributed by atoms with Gasteiger partial charge < -0.3 is 19.7 Å². The van der Waals surface area contributed by atoms with Crippen molar-refractivity contribution in [3.05, 3.63) is 11.5 Å². The highest BCUT2D eigenvalue weighted by atomic mass is 16.7. The molecule has 0 radical (unpaired) electrons. The number of carbonyl (C=O) groups excluding carboxylic acids is 2. The number of hydrogen-bond donors (Lipinski definition) is 2. The van der Waals surface area contributed by atoms with Crippen LogP contribution in [0.2, 0.25) is 0 Å². The molecule has 2 heterocycles. The van der Waals surface area contributed by atoms with Crippen LogP contribution in [-0.2, 0) is 19.1 Å². The number of Topliss-reactive ketones (excluding diaryl/α,β-unsaturated/α-hetero) is 2. The molecule has 0 unspecified atom stereocenters. The van der Waals surface area contributed by atoms with E-state index in [-0.39, 0.29) is 41.9 Å². The quantitative estimate of drug-likeness (QED) is 0.671. The van der Waals surface area contributed by atoms with Gasteiger partial charge in [0.05, 0.1) is 17.8 Å². The molecule has 0 aromatic rings. The number of rotatable bonds is 0. The summed E-state index contributed by atoms with van der Waals surface area (Å²) in [5.74, 6) is -0.335. The summed E-state index contributed by atoms with van der Waals surface area (Å²) in [5.41, 5.74) is -1.80. The summed E-state index contributed by atoms with van der Waals surface area (Å²) in [6.45, 7) is 9.52. The van der Waals surface area contributed by atoms with Crippen LogP contribution in [0.25, 0.3) is 0 Å². The Morgan fingerprint density at radius 3 is 2.30 bits per heavy atom. The van der Waals surface area contributed by atoms with Crippen LogP contribution in [0.1, 0.15) is 60.3 Å². The van der Waals surface area contributed by atoms with Crippen LogP contribution in [0.3, 0.4) is 0 Å². The van der Waals surface area contributed by atoms with Gasteiger partial charge in [0, 0.05) is 24.2 Å². The third-order valence-corrected chi connectivity index (χ3v) is 8.08. The zero-order chi connectivity index (χ0) is 19.9. The summed E-state index contributed by atoms with van der Waals surface area (Å²) in [6.07, 6.45) is -0.693. The summed E-state index contributed by atoms with van der Waals surface area (Å²) >= 11 is 0. The van der Waals surface area contributed by atoms with Crippen molar-refractivity contribution in [2.45, 2.75) is 84.2 Å². The van der Waals surface area contributed by atoms with Crippen LogP contribution >= 0.6 is 0 Å². The highest BCUT2D eigenvalue weighted by Crippen LogP contribution is 2.64. The zero-order valence-corrected chi connectivity index (χ0v) is 16.7. The van der Waals surface area contributed by atoms with E-state index in [2.05, 4.69) is 0 Å². The first kappa shape index (κ1) is 18.9. The smallest absolute Gasteiger partial charge is 0.287 e. The number of hydrogen-bond acceptors (Lipinski definition) is 6. The molecule has 4 rings (SSSR count). The molecule has 2 fully saturated rings. The highest BCUT2D eigenvalue weighted by molar-refractivity contribution is 5.97. The second kappa shape index (κ2) is 5.57. The molecule has 150 valence electrons. The molecular formula is C21H30O6. The van der Waals surface area contributed by atoms with Crippen LogP contribution in [-0.4, -0.2) is 45.7 Å². The van der Waals surface area contributed by atoms with E-state index in [1.54, 1.807) is 0 Å². The van der Waals surface area contributed by atoms with Gasteiger partial charge >= 0.3 is 0 Å². The molecule has 2 aliphatic carbocycles. The Kier molecular flexibility index (Phi) is 3.91. The molecule has 7 atom stereocenters. The summed E-state index contributed by atoms with van der Waals surface area (Å²) in [4.78, 5) is 25.8. The van der Waals surface area contributed by atoms with Gasteiger partial charge in [-0.25, -0.2) is 0 Å². The maximum Gasteiger partial charge on any atom is 0.287 e. The SMILES string of the molecule is C[C@@H]1CC(=O)C2=C(O1)O[C@]1(C)[C@H](O)C[C@@H]3C(C)(C)[C@H](O)CC(=O)[C@]3(C)[C@@H]1C2. The van der Waals surface area contributed by atoms with Crippen molar-refractivity contribution < 1.29 is 29.3 Å². The van der Waals surface area contributed by atoms with Gasteiger partial charge in [-0.2, -0.15) is 0 Å². The second-order valence-electron chi connectivity index (χ2n) is 9.92. The number of allylic oxidation sites excluding steroid dienone is 1. The molecule has 6 heteroatoms. The lowest BCUT2D eigenvalue weighted by Crippen LogP contribution is -2.70. The largest absolute Gasteiger partial charge is 0.462 e. The maximum absolute atomic E-state index is 13.2. The van der Waals surface area contributed by atoms with Crippen molar-refractivity contribution in [3.8, 4) is 0 Å². The number of fused-ring (bicyclic) bond motifs is 3. The topological polar surface area (TPSA) is 93.1 Å². The number of ether oxygens (including phenoxy) is 2. The van der Waals surface area contributed by atoms with E-state index in [1.165, 1.54) is 0 Å². The number of aliphatic hydroxyl groups is 2. The molecule has 0 aromatic heterocycles. The number of ketones is 2. The lowest BCUT2D eigenvalue weighted by atomic mass is 9.43. The monoisotopic (exact) mass is 378 g/mol. The Morgan fingerprint density at radius 2 is 1.63 bits per heavy atom. The minimum absolute atomic E-state index is 0.00596. The van der Waals surface area contributed by atoms with Gasteiger partial charge in [0.1, 0.15) is 17.5 Å². The van der Waals surface area contributed by atoms with Gasteiger partial charge in [-0.15, -0.1) is 0 Å². The van der Waals surface area contributed by atoms with Crippen molar-refractivity contribution >= 4 is 11.6 Å². The fourth-order valence-electron chi connectivity index (χ4n) is 6.16. The molecule has 2 aliphatic heterocycles. The Bertz CT molecular complexity index is 739. The third kappa shape index (κ3) is 2.32. The van der Waals surface area contributed by atoms with E-state index in [9.17, 15) is 19.8 Å². The number of aliphatic hydroxyl groups excluding tert-OH is 2. The fourth-order valence-corrected chi connectivity index (χ4v) is 6.16. The summed E-state index contributed by atoms with van der Waals surface area (Å²) in [5, 5.41) is 21.6. The third-order valence-electron chi connectivity index (χ3n) is 8.08. The predicted octanol–water partition coefficient (Wildman–Crippen LogP) is 2.12. The molecule has 27 heavy (non-hydrogen) atoms. The van der Waals surface area contributed by atoms with E-state index < -0.39 is 28.6 Å². The Balaban J connectivity index is 1.83. The van der Waals surface area contributed by atoms with Gasteiger partial charge in [-0.3, -0.25) is 9.59 Å². The minimum atomic E-state index is -1.00. The normalized spacial score (nSPS) is 48.8. The van der Waals surface area contributed by atoms with Gasteiger partial charge in [-0.1, -0.05) is 20.8 Å². The average molecular weight is 378 g/mol. The lowest BCUT2D eigenvalue weighted by Gasteiger charge is -2.64.